The van der Waals surface area contributed by atoms with Gasteiger partial charge in [-0.3, -0.25) is 4.79 Å². The van der Waals surface area contributed by atoms with Gasteiger partial charge in [0.05, 0.1) is 54.4 Å². The Morgan fingerprint density at radius 3 is 1.68 bits per heavy atom. The van der Waals surface area contributed by atoms with E-state index in [4.69, 9.17) is 34.2 Å². The number of anilines is 2. The zero-order valence-corrected chi connectivity index (χ0v) is 21.7. The largest absolute Gasteiger partial charge is 0.493 e. The second-order valence-electron chi connectivity index (χ2n) is 8.12. The Hall–Kier alpha value is -4.53. The number of primary amides is 1. The van der Waals surface area contributed by atoms with E-state index in [1.165, 1.54) is 0 Å². The lowest BCUT2D eigenvalue weighted by Gasteiger charge is -2.38. The number of rotatable bonds is 9. The molecule has 0 saturated heterocycles. The predicted octanol–water partition coefficient (Wildman–Crippen LogP) is 4.50. The van der Waals surface area contributed by atoms with Crippen LogP contribution < -0.4 is 39.1 Å². The van der Waals surface area contributed by atoms with Crippen molar-refractivity contribution >= 4 is 22.9 Å². The maximum atomic E-state index is 12.6. The van der Waals surface area contributed by atoms with Crippen LogP contribution in [0.2, 0.25) is 0 Å². The smallest absolute Gasteiger partial charge is 0.249 e. The van der Waals surface area contributed by atoms with E-state index in [0.717, 1.165) is 16.9 Å². The summed E-state index contributed by atoms with van der Waals surface area (Å²) in [5.74, 6) is 2.34. The number of fused-ring (bicyclic) bond motifs is 1. The lowest BCUT2D eigenvalue weighted by atomic mass is 9.90. The molecular formula is C28H30N2O7. The van der Waals surface area contributed by atoms with Crippen molar-refractivity contribution in [1.82, 2.24) is 0 Å². The zero-order chi connectivity index (χ0) is 26.7. The molecule has 1 unspecified atom stereocenters. The summed E-state index contributed by atoms with van der Waals surface area (Å²) in [4.78, 5) is 14.6. The Kier molecular flexibility index (Phi) is 7.33. The molecule has 9 heteroatoms. The number of hydrogen-bond acceptors (Lipinski definition) is 8. The highest BCUT2D eigenvalue weighted by Crippen LogP contribution is 2.50. The van der Waals surface area contributed by atoms with E-state index in [1.807, 2.05) is 54.6 Å². The third kappa shape index (κ3) is 4.44. The first kappa shape index (κ1) is 25.6. The van der Waals surface area contributed by atoms with E-state index >= 15 is 0 Å². The average molecular weight is 507 g/mol. The molecule has 0 bridgehead atoms. The van der Waals surface area contributed by atoms with Gasteiger partial charge in [-0.25, -0.2) is 0 Å². The van der Waals surface area contributed by atoms with Crippen molar-refractivity contribution in [2.45, 2.75) is 6.04 Å². The Bertz CT molecular complexity index is 1300. The van der Waals surface area contributed by atoms with Gasteiger partial charge in [0.1, 0.15) is 0 Å². The van der Waals surface area contributed by atoms with Gasteiger partial charge in [0.2, 0.25) is 17.4 Å². The molecule has 194 valence electrons. The van der Waals surface area contributed by atoms with Gasteiger partial charge in [-0.05, 0) is 29.8 Å². The normalized spacial score (nSPS) is 14.3. The summed E-state index contributed by atoms with van der Waals surface area (Å²) < 4.78 is 33.5. The predicted molar refractivity (Wildman–Crippen MR) is 141 cm³/mol. The van der Waals surface area contributed by atoms with Crippen LogP contribution >= 0.6 is 0 Å². The third-order valence-corrected chi connectivity index (χ3v) is 6.28. The number of carbonyl (C=O) groups is 1. The molecule has 0 aromatic heterocycles. The van der Waals surface area contributed by atoms with Crippen LogP contribution in [-0.4, -0.2) is 48.6 Å². The Morgan fingerprint density at radius 2 is 1.22 bits per heavy atom. The highest BCUT2D eigenvalue weighted by molar-refractivity contribution is 6.21. The Labute approximate surface area is 215 Å². The molecule has 0 fully saturated rings. The number of nitrogens with two attached hydrogens (primary N) is 1. The quantitative estimate of drug-likeness (QED) is 0.453. The second kappa shape index (κ2) is 10.6. The molecule has 1 aliphatic rings. The fourth-order valence-electron chi connectivity index (χ4n) is 4.62. The molecule has 1 heterocycles. The number of para-hydroxylation sites is 1. The van der Waals surface area contributed by atoms with Crippen molar-refractivity contribution in [1.29, 1.82) is 0 Å². The molecule has 0 spiro atoms. The van der Waals surface area contributed by atoms with Crippen LogP contribution in [0.5, 0.6) is 34.5 Å². The summed E-state index contributed by atoms with van der Waals surface area (Å²) in [7, 11) is 9.33. The lowest BCUT2D eigenvalue weighted by molar-refractivity contribution is -0.112. The third-order valence-electron chi connectivity index (χ3n) is 6.28. The number of amides is 1. The number of ether oxygens (including phenoxy) is 6. The highest BCUT2D eigenvalue weighted by Gasteiger charge is 2.33. The molecule has 9 nitrogen and oxygen atoms in total. The molecule has 3 aromatic rings. The maximum Gasteiger partial charge on any atom is 0.249 e. The molecule has 0 radical (unpaired) electrons. The average Bonchev–Trinajstić information content (AvgIpc) is 2.94. The number of methoxy groups -OCH3 is 6. The minimum Gasteiger partial charge on any atom is -0.493 e. The minimum absolute atomic E-state index is 0.401. The number of benzene rings is 3. The van der Waals surface area contributed by atoms with E-state index in [-0.39, 0.29) is 0 Å². The second-order valence-corrected chi connectivity index (χ2v) is 8.12. The summed E-state index contributed by atoms with van der Waals surface area (Å²) >= 11 is 0. The minimum atomic E-state index is -0.533. The maximum absolute atomic E-state index is 12.6. The van der Waals surface area contributed by atoms with Crippen molar-refractivity contribution in [2.75, 3.05) is 47.6 Å². The van der Waals surface area contributed by atoms with Crippen LogP contribution in [-0.2, 0) is 4.79 Å². The molecule has 1 atom stereocenters. The molecule has 0 saturated carbocycles. The van der Waals surface area contributed by atoms with Crippen molar-refractivity contribution < 1.29 is 33.2 Å². The first-order chi connectivity index (χ1) is 17.9. The standard InChI is InChI=1S/C28H30N2O7/c1-32-22-11-16(12-23(33-2)26(22)36-5)21-15-19(28(29)31)18-9-7-8-10-20(18)30(21)17-13-24(34-3)27(37-6)25(14-17)35-4/h7-15,21H,1-6H3,(H2,29,31). The Balaban J connectivity index is 2.04. The van der Waals surface area contributed by atoms with Crippen LogP contribution in [0.15, 0.2) is 54.6 Å². The van der Waals surface area contributed by atoms with E-state index < -0.39 is 11.9 Å². The van der Waals surface area contributed by atoms with Crippen molar-refractivity contribution in [3.05, 3.63) is 65.7 Å². The summed E-state index contributed by atoms with van der Waals surface area (Å²) in [6.45, 7) is 0. The van der Waals surface area contributed by atoms with E-state index in [1.54, 1.807) is 42.7 Å². The monoisotopic (exact) mass is 506 g/mol. The molecule has 4 rings (SSSR count). The summed E-state index contributed by atoms with van der Waals surface area (Å²) in [5.41, 5.74) is 9.23. The number of nitrogens with zero attached hydrogens (tertiary/aromatic N) is 1. The topological polar surface area (TPSA) is 102 Å². The summed E-state index contributed by atoms with van der Waals surface area (Å²) in [6, 6.07) is 14.5. The molecular weight excluding hydrogens is 476 g/mol. The lowest BCUT2D eigenvalue weighted by Crippen LogP contribution is -2.29. The molecule has 2 N–H and O–H groups in total. The van der Waals surface area contributed by atoms with Gasteiger partial charge in [0.15, 0.2) is 23.0 Å². The van der Waals surface area contributed by atoms with Gasteiger partial charge in [-0.2, -0.15) is 0 Å². The van der Waals surface area contributed by atoms with Gasteiger partial charge in [-0.1, -0.05) is 18.2 Å². The number of hydrogen-bond donors (Lipinski definition) is 1. The first-order valence-corrected chi connectivity index (χ1v) is 11.4. The Morgan fingerprint density at radius 1 is 0.730 bits per heavy atom. The van der Waals surface area contributed by atoms with Crippen LogP contribution in [0.1, 0.15) is 17.2 Å². The zero-order valence-electron chi connectivity index (χ0n) is 21.7. The highest BCUT2D eigenvalue weighted by atomic mass is 16.5. The van der Waals surface area contributed by atoms with E-state index in [0.29, 0.717) is 45.6 Å². The van der Waals surface area contributed by atoms with Crippen LogP contribution in [0.4, 0.5) is 11.4 Å². The molecule has 1 amide bonds. The van der Waals surface area contributed by atoms with Crippen LogP contribution in [0, 0.1) is 0 Å². The van der Waals surface area contributed by atoms with Gasteiger partial charge >= 0.3 is 0 Å². The molecule has 37 heavy (non-hydrogen) atoms. The summed E-state index contributed by atoms with van der Waals surface area (Å²) in [6.07, 6.45) is 1.83. The van der Waals surface area contributed by atoms with E-state index in [2.05, 4.69) is 4.90 Å². The van der Waals surface area contributed by atoms with Gasteiger partial charge < -0.3 is 39.1 Å². The van der Waals surface area contributed by atoms with Crippen LogP contribution in [0.3, 0.4) is 0 Å². The number of carbonyl (C=O) groups excluding carboxylic acids is 1. The fraction of sp³-hybridized carbons (Fsp3) is 0.250. The van der Waals surface area contributed by atoms with Gasteiger partial charge in [0.25, 0.3) is 0 Å². The van der Waals surface area contributed by atoms with Crippen molar-refractivity contribution in [3.8, 4) is 34.5 Å². The molecule has 3 aromatic carbocycles. The van der Waals surface area contributed by atoms with Gasteiger partial charge in [0, 0.05) is 29.0 Å². The molecule has 0 aliphatic carbocycles. The van der Waals surface area contributed by atoms with Gasteiger partial charge in [-0.15, -0.1) is 0 Å². The molecule has 1 aliphatic heterocycles. The van der Waals surface area contributed by atoms with Crippen molar-refractivity contribution in [3.63, 3.8) is 0 Å². The van der Waals surface area contributed by atoms with E-state index in [9.17, 15) is 4.79 Å². The van der Waals surface area contributed by atoms with Crippen molar-refractivity contribution in [2.24, 2.45) is 5.73 Å². The SMILES string of the molecule is COc1cc(C2C=C(C(N)=O)c3ccccc3N2c2cc(OC)c(OC)c(OC)c2)cc(OC)c1OC. The van der Waals surface area contributed by atoms with Crippen LogP contribution in [0.25, 0.3) is 5.57 Å². The summed E-state index contributed by atoms with van der Waals surface area (Å²) in [5, 5.41) is 0. The first-order valence-electron chi connectivity index (χ1n) is 11.4. The fourth-order valence-corrected chi connectivity index (χ4v) is 4.62.